The van der Waals surface area contributed by atoms with Crippen molar-refractivity contribution in [3.63, 3.8) is 0 Å². The van der Waals surface area contributed by atoms with Gasteiger partial charge in [-0.15, -0.1) is 0 Å². The Hall–Kier alpha value is -3.31. The van der Waals surface area contributed by atoms with Gasteiger partial charge in [0, 0.05) is 11.8 Å². The first kappa shape index (κ1) is 24.8. The van der Waals surface area contributed by atoms with E-state index in [1.54, 1.807) is 30.3 Å². The van der Waals surface area contributed by atoms with Crippen LogP contribution in [0.25, 0.3) is 0 Å². The van der Waals surface area contributed by atoms with Crippen molar-refractivity contribution in [3.05, 3.63) is 64.6 Å². The van der Waals surface area contributed by atoms with E-state index >= 15 is 0 Å². The van der Waals surface area contributed by atoms with Crippen molar-refractivity contribution in [1.29, 1.82) is 0 Å². The first-order valence-electron chi connectivity index (χ1n) is 11.1. The molecule has 0 unspecified atom stereocenters. The molecular formula is C24H25N3O6S2. The van der Waals surface area contributed by atoms with Gasteiger partial charge in [0.15, 0.2) is 21.6 Å². The number of ether oxygens (including phenoxy) is 2. The fourth-order valence-corrected chi connectivity index (χ4v) is 5.29. The Morgan fingerprint density at radius 3 is 2.57 bits per heavy atom. The van der Waals surface area contributed by atoms with E-state index in [1.165, 1.54) is 12.1 Å². The lowest BCUT2D eigenvalue weighted by Crippen LogP contribution is -2.20. The van der Waals surface area contributed by atoms with Gasteiger partial charge in [0.05, 0.1) is 16.8 Å². The number of sulfone groups is 1. The molecule has 2 N–H and O–H groups in total. The quantitative estimate of drug-likeness (QED) is 0.328. The van der Waals surface area contributed by atoms with E-state index < -0.39 is 20.3 Å². The minimum Gasteiger partial charge on any atom is -0.486 e. The molecule has 1 aromatic heterocycles. The van der Waals surface area contributed by atoms with Crippen LogP contribution in [0.4, 0.5) is 5.69 Å². The van der Waals surface area contributed by atoms with Crippen LogP contribution in [0.3, 0.4) is 0 Å². The second-order valence-corrected chi connectivity index (χ2v) is 10.7. The molecule has 184 valence electrons. The molecule has 0 spiro atoms. The van der Waals surface area contributed by atoms with Crippen LogP contribution in [0.2, 0.25) is 0 Å². The smallest absolute Gasteiger partial charge is 0.270 e. The van der Waals surface area contributed by atoms with Crippen LogP contribution in [0, 0.1) is 0 Å². The number of hydrogen-bond acceptors (Lipinski definition) is 8. The number of unbranched alkanes of at least 4 members (excludes halogenated alkanes) is 1. The number of H-pyrrole nitrogens is 1. The summed E-state index contributed by atoms with van der Waals surface area (Å²) in [4.78, 5) is 30.9. The number of thioether (sulfide) groups is 1. The number of aryl methyl sites for hydroxylation is 1. The van der Waals surface area contributed by atoms with E-state index in [1.807, 2.05) is 0 Å². The van der Waals surface area contributed by atoms with Crippen molar-refractivity contribution in [2.45, 2.75) is 41.1 Å². The van der Waals surface area contributed by atoms with Gasteiger partial charge in [-0.25, -0.2) is 13.4 Å². The average Bonchev–Trinajstić information content (AvgIpc) is 2.86. The Bertz CT molecular complexity index is 1370. The summed E-state index contributed by atoms with van der Waals surface area (Å²) in [6.45, 7) is 3.01. The van der Waals surface area contributed by atoms with Gasteiger partial charge >= 0.3 is 0 Å². The standard InChI is InChI=1S/C24H25N3O6S2/c1-2-3-4-16-5-8-18(9-6-16)35(30,31)21-14-25-24(27-23(21)29)34-15-22(28)26-17-7-10-19-20(13-17)33-12-11-32-19/h5-10,13-14H,2-4,11-12,15H2,1H3,(H,26,28)(H,25,27,29). The topological polar surface area (TPSA) is 127 Å². The summed E-state index contributed by atoms with van der Waals surface area (Å²) in [5, 5.41) is 2.88. The molecular weight excluding hydrogens is 490 g/mol. The first-order valence-corrected chi connectivity index (χ1v) is 13.6. The Kier molecular flexibility index (Phi) is 7.76. The number of anilines is 1. The van der Waals surface area contributed by atoms with E-state index in [9.17, 15) is 18.0 Å². The molecule has 1 aliphatic heterocycles. The highest BCUT2D eigenvalue weighted by atomic mass is 32.2. The number of hydrogen-bond donors (Lipinski definition) is 2. The van der Waals surface area contributed by atoms with Gasteiger partial charge in [-0.1, -0.05) is 37.2 Å². The van der Waals surface area contributed by atoms with Crippen molar-refractivity contribution in [3.8, 4) is 11.5 Å². The minimum absolute atomic E-state index is 0.0317. The molecule has 3 aromatic rings. The summed E-state index contributed by atoms with van der Waals surface area (Å²) >= 11 is 0.986. The molecule has 0 aliphatic carbocycles. The van der Waals surface area contributed by atoms with E-state index in [0.717, 1.165) is 42.8 Å². The van der Waals surface area contributed by atoms with Crippen LogP contribution >= 0.6 is 11.8 Å². The molecule has 0 saturated heterocycles. The van der Waals surface area contributed by atoms with Crippen molar-refractivity contribution >= 4 is 33.2 Å². The number of amides is 1. The maximum absolute atomic E-state index is 12.9. The van der Waals surface area contributed by atoms with E-state index in [-0.39, 0.29) is 21.7 Å². The minimum atomic E-state index is -4.02. The maximum Gasteiger partial charge on any atom is 0.270 e. The average molecular weight is 516 g/mol. The highest BCUT2D eigenvalue weighted by Crippen LogP contribution is 2.32. The van der Waals surface area contributed by atoms with Gasteiger partial charge in [-0.05, 0) is 42.7 Å². The van der Waals surface area contributed by atoms with E-state index in [4.69, 9.17) is 9.47 Å². The number of aromatic nitrogens is 2. The Balaban J connectivity index is 1.39. The number of fused-ring (bicyclic) bond motifs is 1. The second kappa shape index (κ2) is 11.0. The van der Waals surface area contributed by atoms with Crippen molar-refractivity contribution in [2.24, 2.45) is 0 Å². The zero-order chi connectivity index (χ0) is 24.8. The largest absolute Gasteiger partial charge is 0.486 e. The van der Waals surface area contributed by atoms with Crippen LogP contribution in [-0.4, -0.2) is 43.3 Å². The first-order chi connectivity index (χ1) is 16.9. The third kappa shape index (κ3) is 6.04. The van der Waals surface area contributed by atoms with E-state index in [0.29, 0.717) is 30.4 Å². The van der Waals surface area contributed by atoms with Crippen LogP contribution in [0.5, 0.6) is 11.5 Å². The molecule has 0 bridgehead atoms. The maximum atomic E-state index is 12.9. The van der Waals surface area contributed by atoms with Gasteiger partial charge in [0.2, 0.25) is 15.7 Å². The molecule has 35 heavy (non-hydrogen) atoms. The van der Waals surface area contributed by atoms with Gasteiger partial charge < -0.3 is 19.8 Å². The number of nitrogens with one attached hydrogen (secondary N) is 2. The van der Waals surface area contributed by atoms with Gasteiger partial charge in [-0.2, -0.15) is 0 Å². The SMILES string of the molecule is CCCCc1ccc(S(=O)(=O)c2cnc(SCC(=O)Nc3ccc4c(c3)OCCO4)[nH]c2=O)cc1. The second-order valence-electron chi connectivity index (χ2n) is 7.83. The lowest BCUT2D eigenvalue weighted by molar-refractivity contribution is -0.113. The molecule has 0 atom stereocenters. The number of rotatable bonds is 9. The van der Waals surface area contributed by atoms with Crippen LogP contribution in [0.1, 0.15) is 25.3 Å². The Morgan fingerprint density at radius 2 is 1.86 bits per heavy atom. The number of benzene rings is 2. The van der Waals surface area contributed by atoms with E-state index in [2.05, 4.69) is 22.2 Å². The number of nitrogens with zero attached hydrogens (tertiary/aromatic N) is 1. The molecule has 2 heterocycles. The molecule has 1 aliphatic rings. The van der Waals surface area contributed by atoms with Crippen molar-refractivity contribution in [1.82, 2.24) is 9.97 Å². The fourth-order valence-electron chi connectivity index (χ4n) is 3.43. The summed E-state index contributed by atoms with van der Waals surface area (Å²) in [5.41, 5.74) is 0.798. The predicted octanol–water partition coefficient (Wildman–Crippen LogP) is 3.45. The summed E-state index contributed by atoms with van der Waals surface area (Å²) in [5.74, 6) is 0.810. The lowest BCUT2D eigenvalue weighted by Gasteiger charge is -2.18. The molecule has 0 saturated carbocycles. The Labute approximate surface area is 207 Å². The number of carbonyl (C=O) groups excluding carboxylic acids is 1. The van der Waals surface area contributed by atoms with Gasteiger partial charge in [0.25, 0.3) is 5.56 Å². The predicted molar refractivity (Wildman–Crippen MR) is 132 cm³/mol. The summed E-state index contributed by atoms with van der Waals surface area (Å²) in [7, 11) is -4.02. The summed E-state index contributed by atoms with van der Waals surface area (Å²) in [6, 6.07) is 11.6. The van der Waals surface area contributed by atoms with Crippen LogP contribution in [-0.2, 0) is 21.1 Å². The Morgan fingerprint density at radius 1 is 1.11 bits per heavy atom. The number of carbonyl (C=O) groups is 1. The normalized spacial score (nSPS) is 12.8. The third-order valence-corrected chi connectivity index (χ3v) is 7.90. The molecule has 0 fully saturated rings. The number of aromatic amines is 1. The van der Waals surface area contributed by atoms with Gasteiger partial charge in [0.1, 0.15) is 13.2 Å². The van der Waals surface area contributed by atoms with Gasteiger partial charge in [-0.3, -0.25) is 9.59 Å². The van der Waals surface area contributed by atoms with Crippen LogP contribution in [0.15, 0.2) is 68.4 Å². The van der Waals surface area contributed by atoms with Crippen LogP contribution < -0.4 is 20.3 Å². The molecule has 4 rings (SSSR count). The lowest BCUT2D eigenvalue weighted by atomic mass is 10.1. The zero-order valence-corrected chi connectivity index (χ0v) is 20.7. The molecule has 1 amide bonds. The monoisotopic (exact) mass is 515 g/mol. The molecule has 0 radical (unpaired) electrons. The summed E-state index contributed by atoms with van der Waals surface area (Å²) in [6.07, 6.45) is 3.96. The molecule has 9 nitrogen and oxygen atoms in total. The molecule has 2 aromatic carbocycles. The van der Waals surface area contributed by atoms with Crippen molar-refractivity contribution in [2.75, 3.05) is 24.3 Å². The highest BCUT2D eigenvalue weighted by molar-refractivity contribution is 7.99. The van der Waals surface area contributed by atoms with Crippen molar-refractivity contribution < 1.29 is 22.7 Å². The highest BCUT2D eigenvalue weighted by Gasteiger charge is 2.22. The fraction of sp³-hybridized carbons (Fsp3) is 0.292. The zero-order valence-electron chi connectivity index (χ0n) is 19.1. The molecule has 11 heteroatoms. The summed E-state index contributed by atoms with van der Waals surface area (Å²) < 4.78 is 36.8. The third-order valence-electron chi connectivity index (χ3n) is 5.25.